The van der Waals surface area contributed by atoms with Crippen LogP contribution in [0.2, 0.25) is 0 Å². The van der Waals surface area contributed by atoms with E-state index in [0.29, 0.717) is 13.2 Å². The van der Waals surface area contributed by atoms with Crippen molar-refractivity contribution in [2.45, 2.75) is 4.75 Å². The average molecular weight is 365 g/mol. The summed E-state index contributed by atoms with van der Waals surface area (Å²) in [7, 11) is 3.87. The summed E-state index contributed by atoms with van der Waals surface area (Å²) in [6.45, 7) is 1.34. The molecule has 0 radical (unpaired) electrons. The van der Waals surface area contributed by atoms with E-state index in [9.17, 15) is 0 Å². The molecule has 1 aliphatic heterocycles. The van der Waals surface area contributed by atoms with Crippen LogP contribution in [0.15, 0.2) is 60.7 Å². The molecule has 122 valence electrons. The van der Waals surface area contributed by atoms with Gasteiger partial charge in [0.25, 0.3) is 0 Å². The number of para-hydroxylation sites is 2. The van der Waals surface area contributed by atoms with E-state index in [2.05, 4.69) is 0 Å². The third kappa shape index (κ3) is 5.30. The van der Waals surface area contributed by atoms with Crippen LogP contribution in [0.25, 0.3) is 0 Å². The minimum atomic E-state index is -0.0140. The van der Waals surface area contributed by atoms with Gasteiger partial charge in [0, 0.05) is 17.3 Å². The largest absolute Gasteiger partial charge is 0.492 e. The summed E-state index contributed by atoms with van der Waals surface area (Å²) in [5, 5.41) is 0. The molecule has 0 bridgehead atoms. The molecule has 2 aromatic rings. The van der Waals surface area contributed by atoms with E-state index in [4.69, 9.17) is 9.47 Å². The first kappa shape index (κ1) is 16.9. The predicted molar refractivity (Wildman–Crippen MR) is 104 cm³/mol. The Bertz CT molecular complexity index is 524. The fraction of sp³-hybridized carbons (Fsp3) is 0.333. The quantitative estimate of drug-likeness (QED) is 0.669. The van der Waals surface area contributed by atoms with Crippen LogP contribution < -0.4 is 9.47 Å². The molecule has 1 heterocycles. The van der Waals surface area contributed by atoms with Crippen molar-refractivity contribution in [3.63, 3.8) is 0 Å². The maximum Gasteiger partial charge on any atom is 0.119 e. The lowest BCUT2D eigenvalue weighted by molar-refractivity contribution is 0.212. The molecule has 1 saturated heterocycles. The van der Waals surface area contributed by atoms with Gasteiger partial charge in [-0.25, -0.2) is 0 Å². The molecule has 2 nitrogen and oxygen atoms in total. The normalized spacial score (nSPS) is 17.2. The van der Waals surface area contributed by atoms with Gasteiger partial charge in [0.1, 0.15) is 24.7 Å². The number of benzene rings is 2. The second-order valence-corrected chi connectivity index (χ2v) is 9.46. The third-order valence-electron chi connectivity index (χ3n) is 3.47. The molecule has 1 aliphatic rings. The Morgan fingerprint density at radius 1 is 0.739 bits per heavy atom. The highest BCUT2D eigenvalue weighted by Crippen LogP contribution is 2.39. The lowest BCUT2D eigenvalue weighted by Crippen LogP contribution is -2.41. The van der Waals surface area contributed by atoms with E-state index < -0.39 is 0 Å². The maximum absolute atomic E-state index is 6.07. The maximum atomic E-state index is 6.07. The highest BCUT2D eigenvalue weighted by atomic mass is 33.1. The molecular formula is C18H20O2S3. The highest BCUT2D eigenvalue weighted by molar-refractivity contribution is 8.77. The van der Waals surface area contributed by atoms with Crippen LogP contribution in [0, 0.1) is 0 Å². The van der Waals surface area contributed by atoms with Gasteiger partial charge in [-0.05, 0) is 24.3 Å². The van der Waals surface area contributed by atoms with Gasteiger partial charge >= 0.3 is 0 Å². The molecule has 0 atom stereocenters. The van der Waals surface area contributed by atoms with Crippen LogP contribution in [0.3, 0.4) is 0 Å². The summed E-state index contributed by atoms with van der Waals surface area (Å²) in [6.07, 6.45) is 0. The fourth-order valence-electron chi connectivity index (χ4n) is 2.21. The van der Waals surface area contributed by atoms with Crippen LogP contribution in [-0.2, 0) is 0 Å². The molecular weight excluding hydrogens is 344 g/mol. The Labute approximate surface area is 150 Å². The summed E-state index contributed by atoms with van der Waals surface area (Å²) in [6, 6.07) is 20.1. The lowest BCUT2D eigenvalue weighted by atomic mass is 10.2. The van der Waals surface area contributed by atoms with Crippen molar-refractivity contribution in [2.24, 2.45) is 0 Å². The summed E-state index contributed by atoms with van der Waals surface area (Å²) in [4.78, 5) is 0. The number of thioether (sulfide) groups is 1. The van der Waals surface area contributed by atoms with Crippen molar-refractivity contribution in [1.29, 1.82) is 0 Å². The van der Waals surface area contributed by atoms with Gasteiger partial charge in [0.2, 0.25) is 0 Å². The molecule has 0 N–H and O–H groups in total. The van der Waals surface area contributed by atoms with Gasteiger partial charge in [-0.15, -0.1) is 11.8 Å². The van der Waals surface area contributed by atoms with Gasteiger partial charge in [-0.3, -0.25) is 0 Å². The number of hydrogen-bond acceptors (Lipinski definition) is 5. The summed E-state index contributed by atoms with van der Waals surface area (Å²) in [5.41, 5.74) is 0. The van der Waals surface area contributed by atoms with Gasteiger partial charge in [-0.2, -0.15) is 0 Å². The second-order valence-electron chi connectivity index (χ2n) is 5.32. The van der Waals surface area contributed by atoms with E-state index in [-0.39, 0.29) is 4.75 Å². The number of ether oxygens (including phenoxy) is 2. The van der Waals surface area contributed by atoms with Crippen LogP contribution in [0.4, 0.5) is 0 Å². The minimum absolute atomic E-state index is 0.0140. The zero-order valence-corrected chi connectivity index (χ0v) is 15.3. The van der Waals surface area contributed by atoms with Crippen molar-refractivity contribution in [3.8, 4) is 11.5 Å². The first-order valence-electron chi connectivity index (χ1n) is 7.60. The number of hydrogen-bond donors (Lipinski definition) is 0. The topological polar surface area (TPSA) is 18.5 Å². The van der Waals surface area contributed by atoms with Gasteiger partial charge < -0.3 is 9.47 Å². The molecule has 5 heteroatoms. The first-order valence-corrected chi connectivity index (χ1v) is 11.1. The van der Waals surface area contributed by atoms with Gasteiger partial charge in [-0.1, -0.05) is 58.0 Å². The molecule has 3 rings (SSSR count). The van der Waals surface area contributed by atoms with Crippen LogP contribution >= 0.6 is 33.3 Å². The Balaban J connectivity index is 1.65. The monoisotopic (exact) mass is 364 g/mol. The van der Waals surface area contributed by atoms with E-state index >= 15 is 0 Å². The number of rotatable bonds is 6. The van der Waals surface area contributed by atoms with Gasteiger partial charge in [0.15, 0.2) is 0 Å². The van der Waals surface area contributed by atoms with Crippen molar-refractivity contribution >= 4 is 33.3 Å². The summed E-state index contributed by atoms with van der Waals surface area (Å²) in [5.74, 6) is 5.19. The Kier molecular flexibility index (Phi) is 6.48. The Hall–Kier alpha value is -0.910. The van der Waals surface area contributed by atoms with E-state index in [0.717, 1.165) is 23.0 Å². The summed E-state index contributed by atoms with van der Waals surface area (Å²) >= 11 is 1.98. The Morgan fingerprint density at radius 3 is 1.87 bits per heavy atom. The standard InChI is InChI=1S/C18H20O2S3/c1-3-7-16(8-4-1)19-13-18(15-23-22-12-11-21-18)14-20-17-9-5-2-6-10-17/h1-10H,11-15H2. The van der Waals surface area contributed by atoms with Crippen molar-refractivity contribution in [1.82, 2.24) is 0 Å². The third-order valence-corrected chi connectivity index (χ3v) is 7.87. The molecule has 0 saturated carbocycles. The molecule has 0 unspecified atom stereocenters. The van der Waals surface area contributed by atoms with Crippen LogP contribution in [0.5, 0.6) is 11.5 Å². The fourth-order valence-corrected chi connectivity index (χ4v) is 6.75. The smallest absolute Gasteiger partial charge is 0.119 e. The van der Waals surface area contributed by atoms with Gasteiger partial charge in [0.05, 0.1) is 4.75 Å². The molecule has 0 spiro atoms. The van der Waals surface area contributed by atoms with Crippen molar-refractivity contribution < 1.29 is 9.47 Å². The van der Waals surface area contributed by atoms with Crippen LogP contribution in [0.1, 0.15) is 0 Å². The Morgan fingerprint density at radius 2 is 1.30 bits per heavy atom. The van der Waals surface area contributed by atoms with E-state index in [1.807, 2.05) is 94.0 Å². The highest BCUT2D eigenvalue weighted by Gasteiger charge is 2.35. The molecule has 1 fully saturated rings. The SMILES string of the molecule is c1ccc(OCC2(COc3ccccc3)CSSCCS2)cc1. The van der Waals surface area contributed by atoms with E-state index in [1.165, 1.54) is 5.75 Å². The molecule has 23 heavy (non-hydrogen) atoms. The molecule has 0 amide bonds. The van der Waals surface area contributed by atoms with E-state index in [1.54, 1.807) is 0 Å². The lowest BCUT2D eigenvalue weighted by Gasteiger charge is -2.31. The predicted octanol–water partition coefficient (Wildman–Crippen LogP) is 5.01. The second kappa shape index (κ2) is 8.81. The molecule has 2 aromatic carbocycles. The first-order chi connectivity index (χ1) is 11.4. The van der Waals surface area contributed by atoms with Crippen molar-refractivity contribution in [2.75, 3.05) is 30.5 Å². The average Bonchev–Trinajstić information content (AvgIpc) is 2.86. The molecule has 0 aromatic heterocycles. The summed E-state index contributed by atoms with van der Waals surface area (Å²) < 4.78 is 12.1. The minimum Gasteiger partial charge on any atom is -0.492 e. The van der Waals surface area contributed by atoms with Crippen molar-refractivity contribution in [3.05, 3.63) is 60.7 Å². The van der Waals surface area contributed by atoms with Crippen LogP contribution in [-0.4, -0.2) is 35.2 Å². The zero-order chi connectivity index (χ0) is 15.8. The molecule has 0 aliphatic carbocycles. The zero-order valence-electron chi connectivity index (χ0n) is 12.9.